The average molecular weight is 258 g/mol. The highest BCUT2D eigenvalue weighted by molar-refractivity contribution is 5.84. The summed E-state index contributed by atoms with van der Waals surface area (Å²) < 4.78 is 0. The van der Waals surface area contributed by atoms with Gasteiger partial charge in [-0.3, -0.25) is 9.59 Å². The summed E-state index contributed by atoms with van der Waals surface area (Å²) in [6.07, 6.45) is 0. The monoisotopic (exact) mass is 258 g/mol. The van der Waals surface area contributed by atoms with E-state index in [1.54, 1.807) is 27.7 Å². The van der Waals surface area contributed by atoms with Crippen LogP contribution < -0.4 is 11.1 Å². The van der Waals surface area contributed by atoms with Crippen molar-refractivity contribution in [2.75, 3.05) is 0 Å². The molecule has 18 heavy (non-hydrogen) atoms. The van der Waals surface area contributed by atoms with Crippen LogP contribution in [-0.4, -0.2) is 28.6 Å². The number of carboxylic acid groups (broad SMARTS) is 1. The van der Waals surface area contributed by atoms with Crippen LogP contribution in [0.2, 0.25) is 0 Å². The van der Waals surface area contributed by atoms with Crippen molar-refractivity contribution in [3.05, 3.63) is 0 Å². The lowest BCUT2D eigenvalue weighted by Gasteiger charge is -2.40. The first-order valence-corrected chi connectivity index (χ1v) is 6.04. The molecule has 106 valence electrons. The maximum Gasteiger partial charge on any atom is 0.311 e. The molecule has 0 aromatic carbocycles. The fourth-order valence-corrected chi connectivity index (χ4v) is 1.20. The minimum absolute atomic E-state index is 0.332. The molecule has 0 rings (SSSR count). The van der Waals surface area contributed by atoms with Gasteiger partial charge >= 0.3 is 5.97 Å². The van der Waals surface area contributed by atoms with Gasteiger partial charge in [0.05, 0.1) is 17.0 Å². The Bertz CT molecular complexity index is 341. The van der Waals surface area contributed by atoms with Crippen LogP contribution in [0.1, 0.15) is 48.5 Å². The fraction of sp³-hybridized carbons (Fsp3) is 0.846. The topological polar surface area (TPSA) is 92.4 Å². The van der Waals surface area contributed by atoms with Crippen molar-refractivity contribution in [3.8, 4) is 0 Å². The second-order valence-corrected chi connectivity index (χ2v) is 6.89. The van der Waals surface area contributed by atoms with Gasteiger partial charge in [-0.05, 0) is 33.1 Å². The Morgan fingerprint density at radius 2 is 1.44 bits per heavy atom. The number of carbonyl (C=O) groups excluding carboxylic acids is 1. The van der Waals surface area contributed by atoms with E-state index >= 15 is 0 Å². The van der Waals surface area contributed by atoms with E-state index in [1.807, 2.05) is 20.8 Å². The van der Waals surface area contributed by atoms with Crippen molar-refractivity contribution in [2.45, 2.75) is 60.0 Å². The molecule has 0 aliphatic rings. The van der Waals surface area contributed by atoms with Crippen LogP contribution >= 0.6 is 0 Å². The maximum absolute atomic E-state index is 12.0. The summed E-state index contributed by atoms with van der Waals surface area (Å²) in [5, 5.41) is 11.9. The zero-order valence-electron chi connectivity index (χ0n) is 12.4. The number of amides is 1. The molecule has 1 atom stereocenters. The standard InChI is InChI=1S/C13H26N2O3/c1-11(2,3)8(14)9(16)15-13(6,7)12(4,5)10(17)18/h8H,14H2,1-7H3,(H,15,16)(H,17,18). The molecular formula is C13H26N2O3. The molecule has 0 fully saturated rings. The highest BCUT2D eigenvalue weighted by Gasteiger charge is 2.45. The molecule has 4 N–H and O–H groups in total. The van der Waals surface area contributed by atoms with E-state index in [1.165, 1.54) is 0 Å². The zero-order chi connectivity index (χ0) is 14.9. The van der Waals surface area contributed by atoms with E-state index < -0.39 is 23.0 Å². The minimum Gasteiger partial charge on any atom is -0.481 e. The first-order valence-electron chi connectivity index (χ1n) is 6.04. The van der Waals surface area contributed by atoms with E-state index in [0.29, 0.717) is 0 Å². The summed E-state index contributed by atoms with van der Waals surface area (Å²) in [5.41, 5.74) is 3.52. The highest BCUT2D eigenvalue weighted by Crippen LogP contribution is 2.31. The SMILES string of the molecule is CC(C)(C)C(N)C(=O)NC(C)(C)C(C)(C)C(=O)O. The largest absolute Gasteiger partial charge is 0.481 e. The van der Waals surface area contributed by atoms with Crippen LogP contribution in [0.25, 0.3) is 0 Å². The van der Waals surface area contributed by atoms with Crippen molar-refractivity contribution < 1.29 is 14.7 Å². The third-order valence-corrected chi connectivity index (χ3v) is 3.75. The first kappa shape index (κ1) is 16.9. The first-order chi connectivity index (χ1) is 7.73. The van der Waals surface area contributed by atoms with Gasteiger partial charge in [-0.2, -0.15) is 0 Å². The molecular weight excluding hydrogens is 232 g/mol. The molecule has 0 spiro atoms. The minimum atomic E-state index is -1.08. The molecule has 0 heterocycles. The predicted molar refractivity (Wildman–Crippen MR) is 71.1 cm³/mol. The molecule has 0 saturated carbocycles. The number of nitrogens with two attached hydrogens (primary N) is 1. The van der Waals surface area contributed by atoms with Gasteiger partial charge < -0.3 is 16.2 Å². The number of hydrogen-bond acceptors (Lipinski definition) is 3. The zero-order valence-corrected chi connectivity index (χ0v) is 12.4. The second kappa shape index (κ2) is 4.88. The molecule has 0 aromatic heterocycles. The summed E-state index contributed by atoms with van der Waals surface area (Å²) in [7, 11) is 0. The molecule has 0 radical (unpaired) electrons. The van der Waals surface area contributed by atoms with Gasteiger partial charge in [0, 0.05) is 0 Å². The smallest absolute Gasteiger partial charge is 0.311 e. The van der Waals surface area contributed by atoms with Gasteiger partial charge in [-0.25, -0.2) is 0 Å². The molecule has 1 amide bonds. The lowest BCUT2D eigenvalue weighted by atomic mass is 9.74. The van der Waals surface area contributed by atoms with E-state index in [0.717, 1.165) is 0 Å². The fourth-order valence-electron chi connectivity index (χ4n) is 1.20. The number of hydrogen-bond donors (Lipinski definition) is 3. The van der Waals surface area contributed by atoms with Crippen molar-refractivity contribution in [3.63, 3.8) is 0 Å². The van der Waals surface area contributed by atoms with Gasteiger partial charge in [0.25, 0.3) is 0 Å². The summed E-state index contributed by atoms with van der Waals surface area (Å²) in [6.45, 7) is 12.1. The number of aliphatic carboxylic acids is 1. The third kappa shape index (κ3) is 3.45. The molecule has 0 aromatic rings. The molecule has 5 heteroatoms. The number of carbonyl (C=O) groups is 2. The van der Waals surface area contributed by atoms with Crippen LogP contribution in [0.4, 0.5) is 0 Å². The molecule has 0 saturated heterocycles. The Labute approximate surface area is 109 Å². The highest BCUT2D eigenvalue weighted by atomic mass is 16.4. The van der Waals surface area contributed by atoms with Crippen LogP contribution in [0.5, 0.6) is 0 Å². The van der Waals surface area contributed by atoms with Gasteiger partial charge in [0.1, 0.15) is 0 Å². The van der Waals surface area contributed by atoms with Crippen molar-refractivity contribution >= 4 is 11.9 Å². The lowest BCUT2D eigenvalue weighted by Crippen LogP contribution is -2.61. The van der Waals surface area contributed by atoms with E-state index in [9.17, 15) is 14.7 Å². The predicted octanol–water partition coefficient (Wildman–Crippen LogP) is 1.37. The Kier molecular flexibility index (Phi) is 4.58. The molecule has 5 nitrogen and oxygen atoms in total. The van der Waals surface area contributed by atoms with Gasteiger partial charge in [0.15, 0.2) is 0 Å². The summed E-state index contributed by atoms with van der Waals surface area (Å²) in [4.78, 5) is 23.3. The Morgan fingerprint density at radius 1 is 1.06 bits per heavy atom. The van der Waals surface area contributed by atoms with Crippen LogP contribution in [0, 0.1) is 10.8 Å². The van der Waals surface area contributed by atoms with Gasteiger partial charge in [-0.15, -0.1) is 0 Å². The van der Waals surface area contributed by atoms with Crippen molar-refractivity contribution in [2.24, 2.45) is 16.6 Å². The normalized spacial score (nSPS) is 15.1. The molecule has 1 unspecified atom stereocenters. The van der Waals surface area contributed by atoms with E-state index in [4.69, 9.17) is 5.73 Å². The van der Waals surface area contributed by atoms with Crippen molar-refractivity contribution in [1.29, 1.82) is 0 Å². The summed E-state index contributed by atoms with van der Waals surface area (Å²) >= 11 is 0. The average Bonchev–Trinajstić information content (AvgIpc) is 2.13. The number of nitrogens with one attached hydrogen (secondary N) is 1. The second-order valence-electron chi connectivity index (χ2n) is 6.89. The van der Waals surface area contributed by atoms with Gasteiger partial charge in [0.2, 0.25) is 5.91 Å². The number of rotatable bonds is 4. The molecule has 0 aliphatic carbocycles. The summed E-state index contributed by atoms with van der Waals surface area (Å²) in [5.74, 6) is -1.29. The Hall–Kier alpha value is -1.10. The van der Waals surface area contributed by atoms with Gasteiger partial charge in [-0.1, -0.05) is 20.8 Å². The Balaban J connectivity index is 5.01. The van der Waals surface area contributed by atoms with Crippen LogP contribution in [-0.2, 0) is 9.59 Å². The van der Waals surface area contributed by atoms with Crippen molar-refractivity contribution in [1.82, 2.24) is 5.32 Å². The van der Waals surface area contributed by atoms with E-state index in [2.05, 4.69) is 5.32 Å². The van der Waals surface area contributed by atoms with Crippen LogP contribution in [0.3, 0.4) is 0 Å². The maximum atomic E-state index is 12.0. The summed E-state index contributed by atoms with van der Waals surface area (Å²) in [6, 6.07) is -0.679. The third-order valence-electron chi connectivity index (χ3n) is 3.75. The van der Waals surface area contributed by atoms with Crippen LogP contribution in [0.15, 0.2) is 0 Å². The number of carboxylic acids is 1. The quantitative estimate of drug-likeness (QED) is 0.710. The molecule has 0 aliphatic heterocycles. The Morgan fingerprint density at radius 3 is 1.72 bits per heavy atom. The molecule has 0 bridgehead atoms. The lowest BCUT2D eigenvalue weighted by molar-refractivity contribution is -0.152. The van der Waals surface area contributed by atoms with E-state index in [-0.39, 0.29) is 11.3 Å².